The normalized spacial score (nSPS) is 12.3. The summed E-state index contributed by atoms with van der Waals surface area (Å²) in [5.74, 6) is -0.172. The van der Waals surface area contributed by atoms with Gasteiger partial charge in [-0.1, -0.05) is 56.1 Å². The van der Waals surface area contributed by atoms with Crippen molar-refractivity contribution in [3.05, 3.63) is 62.7 Å². The number of hydrogen-bond acceptors (Lipinski definition) is 9. The van der Waals surface area contributed by atoms with Crippen LogP contribution in [0.3, 0.4) is 0 Å². The quantitative estimate of drug-likeness (QED) is 0.154. The lowest BCUT2D eigenvalue weighted by molar-refractivity contribution is -0.385. The van der Waals surface area contributed by atoms with Gasteiger partial charge in [-0.05, 0) is 18.2 Å². The predicted molar refractivity (Wildman–Crippen MR) is 110 cm³/mol. The number of hydrogen-bond donors (Lipinski definition) is 0. The number of nitro benzene ring substituents is 1. The number of aromatic nitrogens is 3. The summed E-state index contributed by atoms with van der Waals surface area (Å²) in [5, 5.41) is 19.3. The molecule has 2 heterocycles. The summed E-state index contributed by atoms with van der Waals surface area (Å²) in [6.07, 6.45) is -2.18. The molecule has 0 fully saturated rings. The molecule has 0 spiro atoms. The molecule has 0 aliphatic rings. The van der Waals surface area contributed by atoms with Crippen LogP contribution in [-0.2, 0) is 4.74 Å². The highest BCUT2D eigenvalue weighted by Crippen LogP contribution is 2.37. The number of nitrogens with zero attached hydrogens (tertiary/aromatic N) is 4. The third-order valence-corrected chi connectivity index (χ3v) is 4.32. The van der Waals surface area contributed by atoms with Crippen LogP contribution in [0.5, 0.6) is 5.75 Å². The van der Waals surface area contributed by atoms with Crippen LogP contribution in [0.4, 0.5) is 10.5 Å². The van der Waals surface area contributed by atoms with Gasteiger partial charge < -0.3 is 13.9 Å². The zero-order valence-corrected chi connectivity index (χ0v) is 18.0. The minimum Gasteiger partial charge on any atom is -0.420 e. The maximum Gasteiger partial charge on any atom is 0.514 e. The number of halogens is 2. The Balaban J connectivity index is 1.85. The Bertz CT molecular complexity index is 1110. The molecule has 10 nitrogen and oxygen atoms in total. The van der Waals surface area contributed by atoms with Crippen LogP contribution in [0.2, 0.25) is 10.3 Å². The molecule has 0 aliphatic carbocycles. The molecule has 0 N–H and O–H groups in total. The largest absolute Gasteiger partial charge is 0.514 e. The van der Waals surface area contributed by atoms with Crippen LogP contribution in [0.15, 0.2) is 40.8 Å². The van der Waals surface area contributed by atoms with Gasteiger partial charge in [0.2, 0.25) is 11.6 Å². The van der Waals surface area contributed by atoms with E-state index in [1.165, 1.54) is 36.4 Å². The highest BCUT2D eigenvalue weighted by molar-refractivity contribution is 6.32. The molecule has 0 aliphatic heterocycles. The Morgan fingerprint density at radius 3 is 2.42 bits per heavy atom. The molecular weight excluding hydrogens is 451 g/mol. The number of pyridine rings is 1. The average Bonchev–Trinajstić information content (AvgIpc) is 3.14. The first-order valence-corrected chi connectivity index (χ1v) is 9.59. The van der Waals surface area contributed by atoms with E-state index in [1.807, 2.05) is 0 Å². The molecule has 0 saturated carbocycles. The van der Waals surface area contributed by atoms with E-state index in [4.69, 9.17) is 37.1 Å². The second-order valence-corrected chi connectivity index (χ2v) is 8.16. The summed E-state index contributed by atoms with van der Waals surface area (Å²) >= 11 is 11.8. The third kappa shape index (κ3) is 5.47. The molecular formula is C19H16Cl2N4O6. The van der Waals surface area contributed by atoms with E-state index in [2.05, 4.69) is 15.2 Å². The lowest BCUT2D eigenvalue weighted by Crippen LogP contribution is -2.26. The Morgan fingerprint density at radius 1 is 1.16 bits per heavy atom. The van der Waals surface area contributed by atoms with Crippen LogP contribution < -0.4 is 4.74 Å². The summed E-state index contributed by atoms with van der Waals surface area (Å²) in [7, 11) is 0. The molecule has 3 aromatic rings. The Kier molecular flexibility index (Phi) is 6.42. The van der Waals surface area contributed by atoms with Gasteiger partial charge in [-0.25, -0.2) is 9.78 Å². The van der Waals surface area contributed by atoms with Crippen molar-refractivity contribution >= 4 is 35.0 Å². The fourth-order valence-corrected chi connectivity index (χ4v) is 3.01. The number of rotatable bonds is 5. The van der Waals surface area contributed by atoms with E-state index in [-0.39, 0.29) is 33.5 Å². The number of para-hydroxylation sites is 2. The van der Waals surface area contributed by atoms with Gasteiger partial charge in [0, 0.05) is 17.0 Å². The van der Waals surface area contributed by atoms with Crippen LogP contribution in [0.25, 0.3) is 11.5 Å². The van der Waals surface area contributed by atoms with E-state index >= 15 is 0 Å². The first kappa shape index (κ1) is 22.4. The second kappa shape index (κ2) is 8.86. The zero-order valence-electron chi connectivity index (χ0n) is 16.5. The van der Waals surface area contributed by atoms with Crippen molar-refractivity contribution in [3.8, 4) is 17.2 Å². The average molecular weight is 467 g/mol. The number of ether oxygens (including phenoxy) is 2. The van der Waals surface area contributed by atoms with Crippen molar-refractivity contribution in [3.63, 3.8) is 0 Å². The van der Waals surface area contributed by atoms with Gasteiger partial charge in [-0.2, -0.15) is 0 Å². The Hall–Kier alpha value is -3.24. The van der Waals surface area contributed by atoms with Crippen LogP contribution >= 0.6 is 23.2 Å². The molecule has 31 heavy (non-hydrogen) atoms. The fraction of sp³-hybridized carbons (Fsp3) is 0.263. The summed E-state index contributed by atoms with van der Waals surface area (Å²) < 4.78 is 16.1. The first-order valence-electron chi connectivity index (χ1n) is 8.83. The van der Waals surface area contributed by atoms with Crippen molar-refractivity contribution in [2.24, 2.45) is 5.41 Å². The molecule has 3 rings (SSSR count). The molecule has 1 unspecified atom stereocenters. The minimum absolute atomic E-state index is 0.00827. The van der Waals surface area contributed by atoms with E-state index in [0.29, 0.717) is 5.56 Å². The Labute approximate surface area is 186 Å². The first-order chi connectivity index (χ1) is 14.5. The van der Waals surface area contributed by atoms with Gasteiger partial charge in [-0.3, -0.25) is 10.1 Å². The summed E-state index contributed by atoms with van der Waals surface area (Å²) in [6.45, 7) is 5.33. The highest BCUT2D eigenvalue weighted by atomic mass is 35.5. The highest BCUT2D eigenvalue weighted by Gasteiger charge is 2.36. The third-order valence-electron chi connectivity index (χ3n) is 3.93. The van der Waals surface area contributed by atoms with Crippen molar-refractivity contribution in [1.29, 1.82) is 0 Å². The molecule has 0 amide bonds. The summed E-state index contributed by atoms with van der Waals surface area (Å²) in [5.41, 5.74) is -0.629. The molecule has 0 saturated heterocycles. The number of benzene rings is 1. The number of carbonyl (C=O) groups is 1. The standard InChI is InChI=1S/C19H16Cl2N4O6/c1-19(2,3)15(30-18(26)29-12-7-5-4-6-11(12)25(27)28)17-24-23-16(31-17)10-8-13(20)22-14(21)9-10/h4-9,15H,1-3H3. The Morgan fingerprint density at radius 2 is 1.81 bits per heavy atom. The molecule has 162 valence electrons. The van der Waals surface area contributed by atoms with Crippen LogP contribution in [0, 0.1) is 15.5 Å². The lowest BCUT2D eigenvalue weighted by Gasteiger charge is -2.26. The van der Waals surface area contributed by atoms with E-state index in [9.17, 15) is 14.9 Å². The lowest BCUT2D eigenvalue weighted by atomic mass is 9.89. The summed E-state index contributed by atoms with van der Waals surface area (Å²) in [4.78, 5) is 26.7. The number of carbonyl (C=O) groups excluding carboxylic acids is 1. The van der Waals surface area contributed by atoms with E-state index in [1.54, 1.807) is 20.8 Å². The van der Waals surface area contributed by atoms with Crippen molar-refractivity contribution in [1.82, 2.24) is 15.2 Å². The number of nitro groups is 1. The SMILES string of the molecule is CC(C)(C)C(OC(=O)Oc1ccccc1[N+](=O)[O-])c1nnc(-c2cc(Cl)nc(Cl)c2)o1. The smallest absolute Gasteiger partial charge is 0.420 e. The predicted octanol–water partition coefficient (Wildman–Crippen LogP) is 5.65. The molecule has 12 heteroatoms. The van der Waals surface area contributed by atoms with Gasteiger partial charge in [-0.15, -0.1) is 10.2 Å². The molecule has 0 bridgehead atoms. The molecule has 1 atom stereocenters. The maximum atomic E-state index is 12.4. The molecule has 1 aromatic carbocycles. The fourth-order valence-electron chi connectivity index (χ4n) is 2.55. The van der Waals surface area contributed by atoms with Gasteiger partial charge in [0.15, 0.2) is 6.10 Å². The van der Waals surface area contributed by atoms with Gasteiger partial charge in [0.25, 0.3) is 5.89 Å². The van der Waals surface area contributed by atoms with E-state index < -0.39 is 22.6 Å². The van der Waals surface area contributed by atoms with Gasteiger partial charge >= 0.3 is 11.8 Å². The second-order valence-electron chi connectivity index (χ2n) is 7.39. The monoisotopic (exact) mass is 466 g/mol. The van der Waals surface area contributed by atoms with Crippen LogP contribution in [-0.4, -0.2) is 26.3 Å². The van der Waals surface area contributed by atoms with Gasteiger partial charge in [0.1, 0.15) is 10.3 Å². The van der Waals surface area contributed by atoms with Crippen molar-refractivity contribution in [2.45, 2.75) is 26.9 Å². The molecule has 2 aromatic heterocycles. The molecule has 0 radical (unpaired) electrons. The van der Waals surface area contributed by atoms with Crippen LogP contribution in [0.1, 0.15) is 32.8 Å². The topological polar surface area (TPSA) is 130 Å². The minimum atomic E-state index is -1.16. The summed E-state index contributed by atoms with van der Waals surface area (Å²) in [6, 6.07) is 8.41. The zero-order chi connectivity index (χ0) is 22.8. The van der Waals surface area contributed by atoms with Gasteiger partial charge in [0.05, 0.1) is 4.92 Å². The van der Waals surface area contributed by atoms with Crippen molar-refractivity contribution in [2.75, 3.05) is 0 Å². The van der Waals surface area contributed by atoms with E-state index in [0.717, 1.165) is 0 Å². The van der Waals surface area contributed by atoms with Crippen molar-refractivity contribution < 1.29 is 23.6 Å². The maximum absolute atomic E-state index is 12.4.